The topological polar surface area (TPSA) is 71.1 Å². The fourth-order valence-electron chi connectivity index (χ4n) is 3.17. The molecular weight excluding hydrogens is 371 g/mol. The van der Waals surface area contributed by atoms with E-state index in [0.29, 0.717) is 24.3 Å². The number of H-pyrrole nitrogens is 1. The molecule has 0 bridgehead atoms. The van der Waals surface area contributed by atoms with Crippen LogP contribution in [0.4, 0.5) is 15.0 Å². The van der Waals surface area contributed by atoms with Crippen molar-refractivity contribution >= 4 is 23.5 Å². The molecule has 1 atom stereocenters. The molecule has 4 rings (SSSR count). The van der Waals surface area contributed by atoms with Crippen LogP contribution in [0, 0.1) is 12.7 Å². The van der Waals surface area contributed by atoms with Gasteiger partial charge < -0.3 is 4.74 Å². The van der Waals surface area contributed by atoms with Gasteiger partial charge in [-0.1, -0.05) is 17.7 Å². The fourth-order valence-corrected chi connectivity index (χ4v) is 3.29. The van der Waals surface area contributed by atoms with Crippen molar-refractivity contribution in [2.75, 3.05) is 11.4 Å². The molecule has 1 unspecified atom stereocenters. The number of benzene rings is 1. The Labute approximate surface area is 159 Å². The number of aromatic amines is 1. The monoisotopic (exact) mass is 386 g/mol. The Morgan fingerprint density at radius 1 is 1.30 bits per heavy atom. The average molecular weight is 387 g/mol. The van der Waals surface area contributed by atoms with Gasteiger partial charge in [0.2, 0.25) is 0 Å². The highest BCUT2D eigenvalue weighted by Crippen LogP contribution is 2.34. The number of anilines is 1. The smallest absolute Gasteiger partial charge is 0.416 e. The third-order valence-corrected chi connectivity index (χ3v) is 4.91. The first kappa shape index (κ1) is 17.5. The molecule has 1 fully saturated rings. The average Bonchev–Trinajstić information content (AvgIpc) is 3.06. The summed E-state index contributed by atoms with van der Waals surface area (Å²) in [5.41, 5.74) is 3.18. The zero-order valence-corrected chi connectivity index (χ0v) is 15.2. The molecule has 0 aliphatic carbocycles. The van der Waals surface area contributed by atoms with Crippen LogP contribution in [0.5, 0.6) is 0 Å². The Bertz CT molecular complexity index is 993. The Balaban J connectivity index is 1.55. The molecule has 3 heterocycles. The van der Waals surface area contributed by atoms with Crippen LogP contribution >= 0.6 is 11.6 Å². The molecule has 1 amide bonds. The molecule has 3 aromatic rings. The molecule has 27 heavy (non-hydrogen) atoms. The van der Waals surface area contributed by atoms with Crippen molar-refractivity contribution in [2.45, 2.75) is 19.4 Å². The van der Waals surface area contributed by atoms with Crippen LogP contribution in [0.2, 0.25) is 5.02 Å². The lowest BCUT2D eigenvalue weighted by Gasteiger charge is -2.31. The Kier molecular flexibility index (Phi) is 4.53. The predicted octanol–water partition coefficient (Wildman–Crippen LogP) is 4.66. The van der Waals surface area contributed by atoms with E-state index in [4.69, 9.17) is 16.3 Å². The van der Waals surface area contributed by atoms with Crippen LogP contribution in [0.1, 0.15) is 23.7 Å². The predicted molar refractivity (Wildman–Crippen MR) is 99.2 cm³/mol. The van der Waals surface area contributed by atoms with Crippen LogP contribution in [0.15, 0.2) is 42.7 Å². The molecule has 1 saturated heterocycles. The lowest BCUT2D eigenvalue weighted by Crippen LogP contribution is -2.39. The van der Waals surface area contributed by atoms with Gasteiger partial charge in [0.1, 0.15) is 11.9 Å². The summed E-state index contributed by atoms with van der Waals surface area (Å²) in [6, 6.07) is 8.16. The first-order valence-corrected chi connectivity index (χ1v) is 8.81. The highest BCUT2D eigenvalue weighted by atomic mass is 35.5. The number of cyclic esters (lactones) is 1. The van der Waals surface area contributed by atoms with Crippen LogP contribution in [-0.2, 0) is 4.74 Å². The van der Waals surface area contributed by atoms with E-state index in [1.54, 1.807) is 18.5 Å². The van der Waals surface area contributed by atoms with Crippen molar-refractivity contribution in [3.8, 4) is 11.3 Å². The lowest BCUT2D eigenvalue weighted by atomic mass is 10.0. The first-order chi connectivity index (χ1) is 13.0. The van der Waals surface area contributed by atoms with Crippen LogP contribution < -0.4 is 4.90 Å². The summed E-state index contributed by atoms with van der Waals surface area (Å²) in [5.74, 6) is -0.00895. The second-order valence-corrected chi connectivity index (χ2v) is 6.68. The van der Waals surface area contributed by atoms with E-state index in [1.807, 2.05) is 19.1 Å². The number of hydrogen-bond donors (Lipinski definition) is 1. The van der Waals surface area contributed by atoms with Gasteiger partial charge in [0.05, 0.1) is 10.7 Å². The molecule has 6 nitrogen and oxygen atoms in total. The quantitative estimate of drug-likeness (QED) is 0.710. The van der Waals surface area contributed by atoms with Crippen molar-refractivity contribution in [1.82, 2.24) is 15.2 Å². The van der Waals surface area contributed by atoms with E-state index in [9.17, 15) is 9.18 Å². The number of pyridine rings is 1. The van der Waals surface area contributed by atoms with Crippen molar-refractivity contribution in [3.05, 3.63) is 64.7 Å². The summed E-state index contributed by atoms with van der Waals surface area (Å²) >= 11 is 5.72. The number of aromatic nitrogens is 3. The highest BCUT2D eigenvalue weighted by Gasteiger charge is 2.32. The van der Waals surface area contributed by atoms with Gasteiger partial charge in [-0.2, -0.15) is 5.10 Å². The third kappa shape index (κ3) is 3.26. The third-order valence-electron chi connectivity index (χ3n) is 4.60. The molecule has 138 valence electrons. The summed E-state index contributed by atoms with van der Waals surface area (Å²) in [4.78, 5) is 18.0. The summed E-state index contributed by atoms with van der Waals surface area (Å²) in [6.45, 7) is 2.30. The summed E-state index contributed by atoms with van der Waals surface area (Å²) in [7, 11) is 0. The number of nitrogens with one attached hydrogen (secondary N) is 1. The van der Waals surface area contributed by atoms with Crippen LogP contribution in [-0.4, -0.2) is 27.8 Å². The molecule has 1 aliphatic heterocycles. The van der Waals surface area contributed by atoms with Crippen molar-refractivity contribution in [1.29, 1.82) is 0 Å². The minimum Gasteiger partial charge on any atom is -0.441 e. The summed E-state index contributed by atoms with van der Waals surface area (Å²) < 4.78 is 19.2. The number of halogens is 2. The fraction of sp³-hybridized carbons (Fsp3) is 0.211. The van der Waals surface area contributed by atoms with Gasteiger partial charge in [0, 0.05) is 36.5 Å². The van der Waals surface area contributed by atoms with E-state index in [0.717, 1.165) is 16.8 Å². The van der Waals surface area contributed by atoms with E-state index in [2.05, 4.69) is 15.2 Å². The van der Waals surface area contributed by atoms with Crippen molar-refractivity contribution < 1.29 is 13.9 Å². The molecule has 0 radical (unpaired) electrons. The standard InChI is InChI=1S/C19H16ClFN4O2/c1-11-17(12-4-7-22-8-5-12)23-24-18(11)25-9-6-16(27-19(25)26)13-2-3-14(20)15(21)10-13/h2-5,7-8,10,16H,6,9H2,1H3,(H,23,24). The van der Waals surface area contributed by atoms with Gasteiger partial charge in [-0.25, -0.2) is 9.18 Å². The summed E-state index contributed by atoms with van der Waals surface area (Å²) in [6.07, 6.45) is 2.88. The van der Waals surface area contributed by atoms with Gasteiger partial charge in [0.15, 0.2) is 5.82 Å². The molecule has 1 aliphatic rings. The zero-order chi connectivity index (χ0) is 19.0. The van der Waals surface area contributed by atoms with Gasteiger partial charge in [-0.05, 0) is 36.8 Å². The van der Waals surface area contributed by atoms with Crippen LogP contribution in [0.25, 0.3) is 11.3 Å². The Morgan fingerprint density at radius 3 is 2.78 bits per heavy atom. The molecule has 8 heteroatoms. The van der Waals surface area contributed by atoms with Gasteiger partial charge in [-0.3, -0.25) is 15.0 Å². The second kappa shape index (κ2) is 7.00. The normalized spacial score (nSPS) is 17.1. The molecule has 2 aromatic heterocycles. The number of carbonyl (C=O) groups excluding carboxylic acids is 1. The number of ether oxygens (including phenoxy) is 1. The molecule has 1 N–H and O–H groups in total. The van der Waals surface area contributed by atoms with Crippen molar-refractivity contribution in [3.63, 3.8) is 0 Å². The van der Waals surface area contributed by atoms with E-state index >= 15 is 0 Å². The SMILES string of the molecule is Cc1c(N2CCC(c3ccc(Cl)c(F)c3)OC2=O)n[nH]c1-c1ccncc1. The highest BCUT2D eigenvalue weighted by molar-refractivity contribution is 6.30. The second-order valence-electron chi connectivity index (χ2n) is 6.27. The molecule has 1 aromatic carbocycles. The van der Waals surface area contributed by atoms with Gasteiger partial charge >= 0.3 is 6.09 Å². The van der Waals surface area contributed by atoms with Crippen LogP contribution in [0.3, 0.4) is 0 Å². The number of amides is 1. The number of nitrogens with zero attached hydrogens (tertiary/aromatic N) is 3. The minimum absolute atomic E-state index is 0.0401. The largest absolute Gasteiger partial charge is 0.441 e. The Hall–Kier alpha value is -2.93. The Morgan fingerprint density at radius 2 is 2.07 bits per heavy atom. The molecular formula is C19H16ClFN4O2. The van der Waals surface area contributed by atoms with Gasteiger partial charge in [-0.15, -0.1) is 0 Å². The van der Waals surface area contributed by atoms with E-state index < -0.39 is 18.0 Å². The first-order valence-electron chi connectivity index (χ1n) is 8.43. The number of rotatable bonds is 3. The van der Waals surface area contributed by atoms with E-state index in [1.165, 1.54) is 17.0 Å². The van der Waals surface area contributed by atoms with Crippen molar-refractivity contribution in [2.24, 2.45) is 0 Å². The zero-order valence-electron chi connectivity index (χ0n) is 14.4. The molecule has 0 spiro atoms. The minimum atomic E-state index is -0.530. The molecule has 0 saturated carbocycles. The number of hydrogen-bond acceptors (Lipinski definition) is 4. The maximum atomic E-state index is 13.7. The number of carbonyl (C=O) groups is 1. The van der Waals surface area contributed by atoms with Gasteiger partial charge in [0.25, 0.3) is 0 Å². The van der Waals surface area contributed by atoms with E-state index in [-0.39, 0.29) is 5.02 Å². The lowest BCUT2D eigenvalue weighted by molar-refractivity contribution is 0.0837. The summed E-state index contributed by atoms with van der Waals surface area (Å²) in [5, 5.41) is 7.31. The maximum Gasteiger partial charge on any atom is 0.416 e. The maximum absolute atomic E-state index is 13.7.